The van der Waals surface area contributed by atoms with Crippen molar-refractivity contribution < 1.29 is 0 Å². The van der Waals surface area contributed by atoms with Gasteiger partial charge in [0.25, 0.3) is 0 Å². The number of hydrogen-bond donors (Lipinski definition) is 0. The van der Waals surface area contributed by atoms with E-state index in [0.717, 1.165) is 34.3 Å². The van der Waals surface area contributed by atoms with Crippen molar-refractivity contribution in [3.63, 3.8) is 0 Å². The Labute approximate surface area is 160 Å². The molecule has 0 spiro atoms. The van der Waals surface area contributed by atoms with Gasteiger partial charge in [-0.05, 0) is 37.6 Å². The van der Waals surface area contributed by atoms with Crippen LogP contribution in [0.5, 0.6) is 0 Å². The van der Waals surface area contributed by atoms with Crippen LogP contribution >= 0.6 is 0 Å². The number of aromatic nitrogens is 8. The molecule has 4 heterocycles. The van der Waals surface area contributed by atoms with E-state index in [1.807, 2.05) is 34.6 Å². The second-order valence-electron chi connectivity index (χ2n) is 6.65. The van der Waals surface area contributed by atoms with Crippen LogP contribution in [0.15, 0.2) is 55.1 Å². The van der Waals surface area contributed by atoms with Crippen LogP contribution in [0.1, 0.15) is 25.5 Å². The van der Waals surface area contributed by atoms with Crippen molar-refractivity contribution in [3.05, 3.63) is 60.7 Å². The van der Waals surface area contributed by atoms with E-state index in [9.17, 15) is 0 Å². The van der Waals surface area contributed by atoms with Crippen molar-refractivity contribution in [3.8, 4) is 11.3 Å². The zero-order valence-electron chi connectivity index (χ0n) is 15.6. The lowest BCUT2D eigenvalue weighted by Crippen LogP contribution is -2.09. The van der Waals surface area contributed by atoms with Gasteiger partial charge in [0, 0.05) is 29.9 Å². The highest BCUT2D eigenvalue weighted by Crippen LogP contribution is 2.25. The minimum atomic E-state index is -0.0440. The monoisotopic (exact) mass is 370 g/mol. The van der Waals surface area contributed by atoms with Crippen LogP contribution in [0.2, 0.25) is 0 Å². The topological polar surface area (TPSA) is 87.2 Å². The van der Waals surface area contributed by atoms with Crippen molar-refractivity contribution in [1.82, 2.24) is 39.7 Å². The molecule has 0 radical (unpaired) electrons. The van der Waals surface area contributed by atoms with E-state index in [1.165, 1.54) is 0 Å². The molecular formula is C20H18N8. The van der Waals surface area contributed by atoms with Crippen LogP contribution < -0.4 is 0 Å². The molecule has 0 saturated carbocycles. The van der Waals surface area contributed by atoms with Crippen molar-refractivity contribution in [2.45, 2.75) is 26.4 Å². The molecule has 8 nitrogen and oxygen atoms in total. The lowest BCUT2D eigenvalue weighted by molar-refractivity contribution is 0.556. The van der Waals surface area contributed by atoms with Crippen LogP contribution in [0.3, 0.4) is 0 Å². The second-order valence-corrected chi connectivity index (χ2v) is 6.65. The summed E-state index contributed by atoms with van der Waals surface area (Å²) in [6, 6.07) is 10.2. The highest BCUT2D eigenvalue weighted by molar-refractivity contribution is 5.79. The van der Waals surface area contributed by atoms with Crippen molar-refractivity contribution >= 4 is 22.2 Å². The summed E-state index contributed by atoms with van der Waals surface area (Å²) in [6.07, 6.45) is 7.27. The third kappa shape index (κ3) is 2.70. The molecule has 0 N–H and O–H groups in total. The van der Waals surface area contributed by atoms with Gasteiger partial charge in [-0.15, -0.1) is 5.10 Å². The van der Waals surface area contributed by atoms with Crippen molar-refractivity contribution in [1.29, 1.82) is 0 Å². The van der Waals surface area contributed by atoms with Gasteiger partial charge in [-0.1, -0.05) is 17.3 Å². The fourth-order valence-corrected chi connectivity index (χ4v) is 3.29. The fraction of sp³-hybridized carbons (Fsp3) is 0.200. The molecule has 138 valence electrons. The molecule has 0 fully saturated rings. The Morgan fingerprint density at radius 3 is 2.89 bits per heavy atom. The maximum atomic E-state index is 4.77. The van der Waals surface area contributed by atoms with E-state index >= 15 is 0 Å². The number of fused-ring (bicyclic) bond motifs is 2. The first-order chi connectivity index (χ1) is 13.7. The Morgan fingerprint density at radius 1 is 1.11 bits per heavy atom. The molecule has 0 bridgehead atoms. The summed E-state index contributed by atoms with van der Waals surface area (Å²) >= 11 is 0. The van der Waals surface area contributed by atoms with Gasteiger partial charge < -0.3 is 0 Å². The largest absolute Gasteiger partial charge is 0.272 e. The number of pyridine rings is 1. The smallest absolute Gasteiger partial charge is 0.221 e. The van der Waals surface area contributed by atoms with E-state index in [2.05, 4.69) is 50.5 Å². The normalized spacial score (nSPS) is 12.6. The Hall–Kier alpha value is -3.68. The summed E-state index contributed by atoms with van der Waals surface area (Å²) < 4.78 is 3.68. The molecule has 5 aromatic rings. The lowest BCUT2D eigenvalue weighted by Gasteiger charge is -2.13. The maximum Gasteiger partial charge on any atom is 0.221 e. The first-order valence-corrected chi connectivity index (χ1v) is 9.18. The number of benzene rings is 1. The maximum absolute atomic E-state index is 4.77. The minimum Gasteiger partial charge on any atom is -0.272 e. The van der Waals surface area contributed by atoms with E-state index in [4.69, 9.17) is 4.98 Å². The summed E-state index contributed by atoms with van der Waals surface area (Å²) in [5.74, 6) is 0. The Bertz CT molecular complexity index is 1290. The molecule has 0 amide bonds. The van der Waals surface area contributed by atoms with Gasteiger partial charge in [-0.2, -0.15) is 5.10 Å². The summed E-state index contributed by atoms with van der Waals surface area (Å²) in [7, 11) is 0. The number of aryl methyl sites for hydroxylation is 1. The van der Waals surface area contributed by atoms with Crippen LogP contribution in [0.4, 0.5) is 0 Å². The summed E-state index contributed by atoms with van der Waals surface area (Å²) in [4.78, 5) is 13.6. The predicted octanol–water partition coefficient (Wildman–Crippen LogP) is 3.26. The summed E-state index contributed by atoms with van der Waals surface area (Å²) in [5.41, 5.74) is 4.94. The Kier molecular flexibility index (Phi) is 3.82. The fourth-order valence-electron chi connectivity index (χ4n) is 3.29. The van der Waals surface area contributed by atoms with Gasteiger partial charge in [0.1, 0.15) is 0 Å². The molecule has 0 aliphatic heterocycles. The van der Waals surface area contributed by atoms with Crippen LogP contribution in [-0.2, 0) is 6.54 Å². The van der Waals surface area contributed by atoms with Crippen molar-refractivity contribution in [2.24, 2.45) is 0 Å². The van der Waals surface area contributed by atoms with Gasteiger partial charge >= 0.3 is 0 Å². The molecule has 4 aromatic heterocycles. The van der Waals surface area contributed by atoms with Gasteiger partial charge in [0.05, 0.1) is 29.6 Å². The van der Waals surface area contributed by atoms with Gasteiger partial charge in [0.2, 0.25) is 5.65 Å². The molecular weight excluding hydrogens is 352 g/mol. The van der Waals surface area contributed by atoms with Crippen molar-refractivity contribution in [2.75, 3.05) is 0 Å². The molecule has 8 heteroatoms. The first-order valence-electron chi connectivity index (χ1n) is 9.18. The molecule has 28 heavy (non-hydrogen) atoms. The van der Waals surface area contributed by atoms with Gasteiger partial charge in [0.15, 0.2) is 5.65 Å². The molecule has 1 aromatic carbocycles. The van der Waals surface area contributed by atoms with Crippen LogP contribution in [0, 0.1) is 0 Å². The SMILES string of the molecule is CCn1cc(-c2cnc3nnn(C(C)c4ccc5ncccc5c4)c3n2)cn1. The second kappa shape index (κ2) is 6.49. The quantitative estimate of drug-likeness (QED) is 0.482. The summed E-state index contributed by atoms with van der Waals surface area (Å²) in [5, 5.41) is 13.9. The standard InChI is InChI=1S/C20H18N8/c1-3-27-12-16(10-23-27)18-11-22-19-20(24-18)28(26-25-19)13(2)14-6-7-17-15(9-14)5-4-8-21-17/h4-13H,3H2,1-2H3. The molecule has 5 rings (SSSR count). The molecule has 1 atom stereocenters. The van der Waals surface area contributed by atoms with E-state index in [-0.39, 0.29) is 6.04 Å². The number of nitrogens with zero attached hydrogens (tertiary/aromatic N) is 8. The van der Waals surface area contributed by atoms with Gasteiger partial charge in [-0.3, -0.25) is 9.67 Å². The lowest BCUT2D eigenvalue weighted by atomic mass is 10.1. The third-order valence-corrected chi connectivity index (χ3v) is 4.92. The minimum absolute atomic E-state index is 0.0440. The Balaban J connectivity index is 1.58. The zero-order valence-corrected chi connectivity index (χ0v) is 15.6. The molecule has 0 saturated heterocycles. The highest BCUT2D eigenvalue weighted by atomic mass is 15.5. The van der Waals surface area contributed by atoms with Gasteiger partial charge in [-0.25, -0.2) is 14.6 Å². The average molecular weight is 370 g/mol. The average Bonchev–Trinajstić information content (AvgIpc) is 3.39. The first kappa shape index (κ1) is 16.5. The van der Waals surface area contributed by atoms with E-state index in [1.54, 1.807) is 18.6 Å². The van der Waals surface area contributed by atoms with E-state index < -0.39 is 0 Å². The highest BCUT2D eigenvalue weighted by Gasteiger charge is 2.17. The zero-order chi connectivity index (χ0) is 19.1. The molecule has 0 aliphatic carbocycles. The molecule has 0 aliphatic rings. The Morgan fingerprint density at radius 2 is 2.04 bits per heavy atom. The third-order valence-electron chi connectivity index (χ3n) is 4.92. The van der Waals surface area contributed by atoms with E-state index in [0.29, 0.717) is 11.3 Å². The van der Waals surface area contributed by atoms with Crippen LogP contribution in [0.25, 0.3) is 33.5 Å². The summed E-state index contributed by atoms with van der Waals surface area (Å²) in [6.45, 7) is 4.93. The number of rotatable bonds is 4. The molecule has 1 unspecified atom stereocenters. The predicted molar refractivity (Wildman–Crippen MR) is 106 cm³/mol. The number of hydrogen-bond acceptors (Lipinski definition) is 6. The van der Waals surface area contributed by atoms with Crippen LogP contribution in [-0.4, -0.2) is 39.7 Å².